The molecule has 1 aromatic heterocycles. The third-order valence-electron chi connectivity index (χ3n) is 2.58. The highest BCUT2D eigenvalue weighted by Crippen LogP contribution is 2.12. The number of hydrogen-bond donors (Lipinski definition) is 4. The van der Waals surface area contributed by atoms with Crippen molar-refractivity contribution in [3.63, 3.8) is 0 Å². The third kappa shape index (κ3) is 5.09. The van der Waals surface area contributed by atoms with Crippen LogP contribution < -0.4 is 16.4 Å². The Bertz CT molecular complexity index is 655. The van der Waals surface area contributed by atoms with E-state index in [-0.39, 0.29) is 23.5 Å². The predicted octanol–water partition coefficient (Wildman–Crippen LogP) is 0.754. The van der Waals surface area contributed by atoms with Crippen molar-refractivity contribution in [1.82, 2.24) is 20.5 Å². The van der Waals surface area contributed by atoms with Crippen molar-refractivity contribution in [2.24, 2.45) is 0 Å². The monoisotopic (exact) mass is 320 g/mol. The van der Waals surface area contributed by atoms with Gasteiger partial charge in [0.15, 0.2) is 0 Å². The second-order valence-electron chi connectivity index (χ2n) is 4.45. The molecule has 2 aromatic rings. The molecule has 5 N–H and O–H groups in total. The smallest absolute Gasteiger partial charge is 0.230 e. The SMILES string of the molecule is CC(=O)Nc1ccc(CNC(=O)CSc2n[nH]c(N)n2)cc1. The van der Waals surface area contributed by atoms with Crippen molar-refractivity contribution < 1.29 is 9.59 Å². The van der Waals surface area contributed by atoms with Crippen LogP contribution >= 0.6 is 11.8 Å². The molecular weight excluding hydrogens is 304 g/mol. The van der Waals surface area contributed by atoms with Gasteiger partial charge in [0.25, 0.3) is 0 Å². The number of benzene rings is 1. The number of H-pyrrole nitrogens is 1. The number of carbonyl (C=O) groups excluding carboxylic acids is 2. The molecule has 0 aliphatic carbocycles. The molecule has 1 aromatic carbocycles. The maximum atomic E-state index is 11.7. The summed E-state index contributed by atoms with van der Waals surface area (Å²) < 4.78 is 0. The Kier molecular flexibility index (Phi) is 5.37. The van der Waals surface area contributed by atoms with Gasteiger partial charge in [-0.1, -0.05) is 23.9 Å². The molecule has 116 valence electrons. The van der Waals surface area contributed by atoms with Crippen molar-refractivity contribution in [2.45, 2.75) is 18.6 Å². The number of amides is 2. The molecule has 0 unspecified atom stereocenters. The first-order valence-corrected chi connectivity index (χ1v) is 7.45. The average Bonchev–Trinajstić information content (AvgIpc) is 2.89. The Morgan fingerprint density at radius 1 is 1.32 bits per heavy atom. The highest BCUT2D eigenvalue weighted by molar-refractivity contribution is 7.99. The first-order valence-electron chi connectivity index (χ1n) is 6.47. The van der Waals surface area contributed by atoms with Crippen molar-refractivity contribution in [3.05, 3.63) is 29.8 Å². The summed E-state index contributed by atoms with van der Waals surface area (Å²) in [7, 11) is 0. The molecule has 9 heteroatoms. The molecule has 0 saturated carbocycles. The summed E-state index contributed by atoms with van der Waals surface area (Å²) in [4.78, 5) is 26.5. The number of hydrogen-bond acceptors (Lipinski definition) is 6. The molecule has 0 aliphatic rings. The van der Waals surface area contributed by atoms with Crippen molar-refractivity contribution >= 4 is 35.2 Å². The van der Waals surface area contributed by atoms with Gasteiger partial charge >= 0.3 is 0 Å². The molecule has 0 spiro atoms. The van der Waals surface area contributed by atoms with Gasteiger partial charge in [0.05, 0.1) is 5.75 Å². The van der Waals surface area contributed by atoms with E-state index >= 15 is 0 Å². The molecule has 1 heterocycles. The zero-order valence-electron chi connectivity index (χ0n) is 11.9. The number of aromatic nitrogens is 3. The normalized spacial score (nSPS) is 10.2. The number of nitrogen functional groups attached to an aromatic ring is 1. The van der Waals surface area contributed by atoms with Gasteiger partial charge in [-0.15, -0.1) is 5.10 Å². The lowest BCUT2D eigenvalue weighted by atomic mass is 10.2. The van der Waals surface area contributed by atoms with E-state index in [4.69, 9.17) is 5.73 Å². The molecule has 0 saturated heterocycles. The van der Waals surface area contributed by atoms with Crippen LogP contribution in [-0.4, -0.2) is 32.7 Å². The summed E-state index contributed by atoms with van der Waals surface area (Å²) in [6.45, 7) is 1.86. The van der Waals surface area contributed by atoms with Gasteiger partial charge in [0.1, 0.15) is 0 Å². The lowest BCUT2D eigenvalue weighted by Gasteiger charge is -2.06. The minimum absolute atomic E-state index is 0.120. The number of nitrogens with one attached hydrogen (secondary N) is 3. The van der Waals surface area contributed by atoms with Gasteiger partial charge in [-0.3, -0.25) is 9.59 Å². The molecular formula is C13H16N6O2S. The number of thioether (sulfide) groups is 1. The Hall–Kier alpha value is -2.55. The van der Waals surface area contributed by atoms with Gasteiger partial charge in [-0.25, -0.2) is 5.10 Å². The highest BCUT2D eigenvalue weighted by atomic mass is 32.2. The Morgan fingerprint density at radius 2 is 2.05 bits per heavy atom. The molecule has 0 atom stereocenters. The minimum atomic E-state index is -0.126. The number of carbonyl (C=O) groups is 2. The van der Waals surface area contributed by atoms with Crippen LogP contribution in [0.15, 0.2) is 29.4 Å². The number of rotatable bonds is 6. The maximum Gasteiger partial charge on any atom is 0.230 e. The number of aromatic amines is 1. The summed E-state index contributed by atoms with van der Waals surface area (Å²) in [5.41, 5.74) is 7.05. The van der Waals surface area contributed by atoms with Gasteiger partial charge in [-0.2, -0.15) is 4.98 Å². The molecule has 0 radical (unpaired) electrons. The van der Waals surface area contributed by atoms with E-state index in [1.165, 1.54) is 18.7 Å². The van der Waals surface area contributed by atoms with E-state index in [0.29, 0.717) is 11.7 Å². The zero-order chi connectivity index (χ0) is 15.9. The Balaban J connectivity index is 1.74. The van der Waals surface area contributed by atoms with Crippen LogP contribution in [0.5, 0.6) is 0 Å². The molecule has 0 bridgehead atoms. The summed E-state index contributed by atoms with van der Waals surface area (Å²) in [6, 6.07) is 7.26. The first-order chi connectivity index (χ1) is 10.5. The van der Waals surface area contributed by atoms with Gasteiger partial charge in [0, 0.05) is 19.2 Å². The van der Waals surface area contributed by atoms with E-state index in [1.807, 2.05) is 12.1 Å². The summed E-state index contributed by atoms with van der Waals surface area (Å²) in [5.74, 6) is 0.188. The molecule has 2 amide bonds. The van der Waals surface area contributed by atoms with Crippen LogP contribution in [0.4, 0.5) is 11.6 Å². The Labute approximate surface area is 131 Å². The number of anilines is 2. The van der Waals surface area contributed by atoms with Crippen LogP contribution in [0, 0.1) is 0 Å². The van der Waals surface area contributed by atoms with Crippen molar-refractivity contribution in [3.8, 4) is 0 Å². The molecule has 22 heavy (non-hydrogen) atoms. The summed E-state index contributed by atoms with van der Waals surface area (Å²) in [5, 5.41) is 12.2. The lowest BCUT2D eigenvalue weighted by Crippen LogP contribution is -2.24. The first kappa shape index (κ1) is 15.8. The van der Waals surface area contributed by atoms with E-state index in [1.54, 1.807) is 12.1 Å². The summed E-state index contributed by atoms with van der Waals surface area (Å²) >= 11 is 1.20. The van der Waals surface area contributed by atoms with Crippen LogP contribution in [-0.2, 0) is 16.1 Å². The summed E-state index contributed by atoms with van der Waals surface area (Å²) in [6.07, 6.45) is 0. The van der Waals surface area contributed by atoms with Crippen LogP contribution in [0.25, 0.3) is 0 Å². The van der Waals surface area contributed by atoms with Crippen LogP contribution in [0.2, 0.25) is 0 Å². The topological polar surface area (TPSA) is 126 Å². The largest absolute Gasteiger partial charge is 0.368 e. The van der Waals surface area contributed by atoms with Crippen LogP contribution in [0.1, 0.15) is 12.5 Å². The van der Waals surface area contributed by atoms with E-state index in [0.717, 1.165) is 11.3 Å². The van der Waals surface area contributed by atoms with Gasteiger partial charge in [0.2, 0.25) is 22.9 Å². The third-order valence-corrected chi connectivity index (χ3v) is 3.43. The molecule has 0 aliphatic heterocycles. The van der Waals surface area contributed by atoms with E-state index < -0.39 is 0 Å². The Morgan fingerprint density at radius 3 is 2.64 bits per heavy atom. The molecule has 8 nitrogen and oxygen atoms in total. The highest BCUT2D eigenvalue weighted by Gasteiger charge is 2.06. The van der Waals surface area contributed by atoms with Gasteiger partial charge in [-0.05, 0) is 17.7 Å². The zero-order valence-corrected chi connectivity index (χ0v) is 12.7. The van der Waals surface area contributed by atoms with Gasteiger partial charge < -0.3 is 16.4 Å². The number of nitrogens with zero attached hydrogens (tertiary/aromatic N) is 2. The second-order valence-corrected chi connectivity index (χ2v) is 5.39. The fraction of sp³-hybridized carbons (Fsp3) is 0.231. The predicted molar refractivity (Wildman–Crippen MR) is 84.1 cm³/mol. The van der Waals surface area contributed by atoms with Crippen molar-refractivity contribution in [1.29, 1.82) is 0 Å². The van der Waals surface area contributed by atoms with E-state index in [9.17, 15) is 9.59 Å². The average molecular weight is 320 g/mol. The quantitative estimate of drug-likeness (QED) is 0.582. The minimum Gasteiger partial charge on any atom is -0.368 e. The fourth-order valence-electron chi connectivity index (χ4n) is 1.61. The van der Waals surface area contributed by atoms with E-state index in [2.05, 4.69) is 25.8 Å². The second kappa shape index (κ2) is 7.46. The maximum absolute atomic E-state index is 11.7. The van der Waals surface area contributed by atoms with Crippen LogP contribution in [0.3, 0.4) is 0 Å². The molecule has 2 rings (SSSR count). The van der Waals surface area contributed by atoms with Crippen molar-refractivity contribution in [2.75, 3.05) is 16.8 Å². The lowest BCUT2D eigenvalue weighted by molar-refractivity contribution is -0.118. The number of nitrogens with two attached hydrogens (primary N) is 1. The fourth-order valence-corrected chi connectivity index (χ4v) is 2.25. The standard InChI is InChI=1S/C13H16N6O2S/c1-8(20)16-10-4-2-9(3-5-10)6-15-11(21)7-22-13-17-12(14)18-19-13/h2-5H,6-7H2,1H3,(H,15,21)(H,16,20)(H3,14,17,18,19). The molecule has 0 fully saturated rings.